The number of nitrogens with zero attached hydrogens (tertiary/aromatic N) is 1. The van der Waals surface area contributed by atoms with Gasteiger partial charge in [0.15, 0.2) is 0 Å². The largest absolute Gasteiger partial charge is 0.366 e. The Morgan fingerprint density at radius 2 is 1.47 bits per heavy atom. The first-order valence-corrected chi connectivity index (χ1v) is 16.2. The minimum atomic E-state index is -0.902. The van der Waals surface area contributed by atoms with Crippen LogP contribution in [0.5, 0.6) is 0 Å². The van der Waals surface area contributed by atoms with Crippen LogP contribution >= 0.6 is 0 Å². The summed E-state index contributed by atoms with van der Waals surface area (Å²) in [6, 6.07) is 30.0. The van der Waals surface area contributed by atoms with Crippen LogP contribution in [-0.4, -0.2) is 68.1 Å². The van der Waals surface area contributed by atoms with Crippen molar-refractivity contribution in [1.82, 2.24) is 15.5 Å². The van der Waals surface area contributed by atoms with Crippen LogP contribution in [0.4, 0.5) is 0 Å². The van der Waals surface area contributed by atoms with E-state index in [4.69, 9.17) is 16.2 Å². The maximum atomic E-state index is 13.8. The molecule has 0 aliphatic heterocycles. The van der Waals surface area contributed by atoms with Gasteiger partial charge in [-0.3, -0.25) is 14.4 Å². The van der Waals surface area contributed by atoms with Crippen molar-refractivity contribution in [2.45, 2.75) is 56.8 Å². The fraction of sp³-hybridized carbons (Fsp3) is 0.342. The molecule has 4 aromatic carbocycles. The monoisotopic (exact) mass is 637 g/mol. The number of nitrogens with one attached hydrogen (secondary N) is 2. The van der Waals surface area contributed by atoms with Gasteiger partial charge in [0, 0.05) is 32.6 Å². The Morgan fingerprint density at radius 3 is 2.19 bits per heavy atom. The van der Waals surface area contributed by atoms with E-state index in [1.54, 1.807) is 26.2 Å². The predicted molar refractivity (Wildman–Crippen MR) is 187 cm³/mol. The van der Waals surface area contributed by atoms with Crippen LogP contribution in [0.15, 0.2) is 97.1 Å². The molecule has 4 rings (SSSR count). The van der Waals surface area contributed by atoms with Crippen molar-refractivity contribution < 1.29 is 19.1 Å². The fourth-order valence-electron chi connectivity index (χ4n) is 5.52. The molecule has 4 aromatic rings. The molecule has 9 heteroatoms. The van der Waals surface area contributed by atoms with Gasteiger partial charge in [-0.05, 0) is 71.8 Å². The third-order valence-electron chi connectivity index (χ3n) is 8.11. The second-order valence-electron chi connectivity index (χ2n) is 12.1. The lowest BCUT2D eigenvalue weighted by Gasteiger charge is -2.26. The molecule has 0 aliphatic carbocycles. The number of hydrogen-bond donors (Lipinski definition) is 4. The SMILES string of the molecule is CN(C)C(=O)C(CCCCN)NC(=O)[C@@H](Cc1ccccc1)OC[C@@H](Cc1ccc2ccccc2c1)NC(=O)c1cccc(CN)c1. The Bertz CT molecular complexity index is 1610. The highest BCUT2D eigenvalue weighted by Gasteiger charge is 2.28. The highest BCUT2D eigenvalue weighted by molar-refractivity contribution is 5.94. The first-order valence-electron chi connectivity index (χ1n) is 16.2. The van der Waals surface area contributed by atoms with Gasteiger partial charge in [0.05, 0.1) is 12.6 Å². The zero-order valence-electron chi connectivity index (χ0n) is 27.4. The molecule has 0 bridgehead atoms. The van der Waals surface area contributed by atoms with Crippen LogP contribution in [0.3, 0.4) is 0 Å². The van der Waals surface area contributed by atoms with E-state index in [2.05, 4.69) is 34.9 Å². The molecule has 0 aliphatic rings. The number of unbranched alkanes of at least 4 members (excludes halogenated alkanes) is 1. The maximum Gasteiger partial charge on any atom is 0.251 e. The van der Waals surface area contributed by atoms with Gasteiger partial charge in [-0.1, -0.05) is 84.9 Å². The zero-order chi connectivity index (χ0) is 33.6. The summed E-state index contributed by atoms with van der Waals surface area (Å²) in [7, 11) is 3.34. The van der Waals surface area contributed by atoms with E-state index in [-0.39, 0.29) is 24.3 Å². The summed E-state index contributed by atoms with van der Waals surface area (Å²) in [4.78, 5) is 41.8. The first kappa shape index (κ1) is 35.3. The van der Waals surface area contributed by atoms with Crippen LogP contribution in [-0.2, 0) is 33.7 Å². The quantitative estimate of drug-likeness (QED) is 0.129. The summed E-state index contributed by atoms with van der Waals surface area (Å²) >= 11 is 0. The van der Waals surface area contributed by atoms with Crippen LogP contribution in [0.25, 0.3) is 10.8 Å². The number of nitrogens with two attached hydrogens (primary N) is 2. The standard InChI is InChI=1S/C38H47N5O4/c1-43(2)38(46)34(17-8-9-20-39)42-37(45)35(24-27-11-4-3-5-12-27)47-26-33(41-36(44)32-16-10-13-29(22-32)25-40)23-28-18-19-30-14-6-7-15-31(30)21-28/h3-7,10-16,18-19,21-22,33-35H,8-9,17,20,23-26,39-40H2,1-2H3,(H,41,44)(H,42,45)/t33-,34?,35-/m1/s1. The highest BCUT2D eigenvalue weighted by atomic mass is 16.5. The maximum absolute atomic E-state index is 13.8. The number of ether oxygens (including phenoxy) is 1. The van der Waals surface area contributed by atoms with Gasteiger partial charge in [-0.2, -0.15) is 0 Å². The van der Waals surface area contributed by atoms with Crippen LogP contribution in [0.1, 0.15) is 46.3 Å². The molecule has 6 N–H and O–H groups in total. The van der Waals surface area contributed by atoms with E-state index in [0.29, 0.717) is 44.3 Å². The van der Waals surface area contributed by atoms with Gasteiger partial charge in [0.2, 0.25) is 11.8 Å². The molecule has 0 fully saturated rings. The number of carbonyl (C=O) groups is 3. The second-order valence-corrected chi connectivity index (χ2v) is 12.1. The van der Waals surface area contributed by atoms with Crippen molar-refractivity contribution in [2.75, 3.05) is 27.2 Å². The third kappa shape index (κ3) is 10.7. The van der Waals surface area contributed by atoms with Crippen LogP contribution in [0.2, 0.25) is 0 Å². The normalized spacial score (nSPS) is 13.0. The van der Waals surface area contributed by atoms with Gasteiger partial charge in [0.25, 0.3) is 5.91 Å². The van der Waals surface area contributed by atoms with E-state index in [1.807, 2.05) is 60.7 Å². The average Bonchev–Trinajstić information content (AvgIpc) is 3.09. The molecule has 248 valence electrons. The van der Waals surface area contributed by atoms with Crippen molar-refractivity contribution in [3.63, 3.8) is 0 Å². The summed E-state index contributed by atoms with van der Waals surface area (Å²) in [5.41, 5.74) is 14.8. The first-order chi connectivity index (χ1) is 22.8. The topological polar surface area (TPSA) is 140 Å². The Labute approximate surface area is 277 Å². The Morgan fingerprint density at radius 1 is 0.745 bits per heavy atom. The van der Waals surface area contributed by atoms with Crippen molar-refractivity contribution in [1.29, 1.82) is 0 Å². The van der Waals surface area contributed by atoms with E-state index >= 15 is 0 Å². The van der Waals surface area contributed by atoms with Gasteiger partial charge in [-0.15, -0.1) is 0 Å². The molecule has 0 aromatic heterocycles. The average molecular weight is 638 g/mol. The smallest absolute Gasteiger partial charge is 0.251 e. The molecular weight excluding hydrogens is 590 g/mol. The number of amides is 3. The Balaban J connectivity index is 1.57. The van der Waals surface area contributed by atoms with E-state index < -0.39 is 18.2 Å². The van der Waals surface area contributed by atoms with Crippen LogP contribution < -0.4 is 22.1 Å². The minimum absolute atomic E-state index is 0.0690. The summed E-state index contributed by atoms with van der Waals surface area (Å²) in [5, 5.41) is 8.31. The molecule has 0 radical (unpaired) electrons. The van der Waals surface area contributed by atoms with Gasteiger partial charge >= 0.3 is 0 Å². The molecule has 9 nitrogen and oxygen atoms in total. The molecule has 0 heterocycles. The number of carbonyl (C=O) groups excluding carboxylic acids is 3. The Hall–Kier alpha value is -4.57. The number of hydrogen-bond acceptors (Lipinski definition) is 6. The number of fused-ring (bicyclic) bond motifs is 1. The minimum Gasteiger partial charge on any atom is -0.366 e. The van der Waals surface area contributed by atoms with Crippen molar-refractivity contribution >= 4 is 28.5 Å². The van der Waals surface area contributed by atoms with Crippen molar-refractivity contribution in [2.24, 2.45) is 11.5 Å². The third-order valence-corrected chi connectivity index (χ3v) is 8.11. The zero-order valence-corrected chi connectivity index (χ0v) is 27.4. The fourth-order valence-corrected chi connectivity index (χ4v) is 5.52. The molecule has 47 heavy (non-hydrogen) atoms. The molecule has 3 atom stereocenters. The summed E-state index contributed by atoms with van der Waals surface area (Å²) in [5.74, 6) is -0.821. The second kappa shape index (κ2) is 17.9. The van der Waals surface area contributed by atoms with E-state index in [0.717, 1.165) is 33.9 Å². The van der Waals surface area contributed by atoms with E-state index in [9.17, 15) is 14.4 Å². The number of benzene rings is 4. The van der Waals surface area contributed by atoms with Gasteiger partial charge in [-0.25, -0.2) is 0 Å². The predicted octanol–water partition coefficient (Wildman–Crippen LogP) is 3.97. The summed E-state index contributed by atoms with van der Waals surface area (Å²) in [6.07, 6.45) is 1.81. The molecule has 0 spiro atoms. The molecule has 1 unspecified atom stereocenters. The highest BCUT2D eigenvalue weighted by Crippen LogP contribution is 2.18. The molecule has 0 saturated carbocycles. The van der Waals surface area contributed by atoms with Gasteiger partial charge in [0.1, 0.15) is 12.1 Å². The molecule has 3 amide bonds. The lowest BCUT2D eigenvalue weighted by molar-refractivity contribution is -0.139. The number of likely N-dealkylation sites (N-methyl/N-ethyl adjacent to an activating group) is 1. The number of rotatable bonds is 17. The lowest BCUT2D eigenvalue weighted by atomic mass is 10.0. The van der Waals surface area contributed by atoms with Crippen LogP contribution in [0, 0.1) is 0 Å². The molecule has 0 saturated heterocycles. The summed E-state index contributed by atoms with van der Waals surface area (Å²) < 4.78 is 6.39. The molecular formula is C38H47N5O4. The lowest BCUT2D eigenvalue weighted by Crippen LogP contribution is -2.51. The van der Waals surface area contributed by atoms with E-state index in [1.165, 1.54) is 4.90 Å². The van der Waals surface area contributed by atoms with Gasteiger partial charge < -0.3 is 31.7 Å². The van der Waals surface area contributed by atoms with Crippen molar-refractivity contribution in [3.05, 3.63) is 119 Å². The summed E-state index contributed by atoms with van der Waals surface area (Å²) in [6.45, 7) is 0.904. The Kier molecular flexibility index (Phi) is 13.5. The van der Waals surface area contributed by atoms with Crippen molar-refractivity contribution in [3.8, 4) is 0 Å².